The molecule has 0 aromatic carbocycles. The zero-order valence-corrected chi connectivity index (χ0v) is 21.3. The van der Waals surface area contributed by atoms with Crippen molar-refractivity contribution in [1.82, 2.24) is 0 Å². The Morgan fingerprint density at radius 1 is 1.07 bits per heavy atom. The van der Waals surface area contributed by atoms with Crippen LogP contribution in [0.2, 0.25) is 0 Å². The molecule has 5 heteroatoms. The van der Waals surface area contributed by atoms with Gasteiger partial charge >= 0.3 is 5.97 Å². The van der Waals surface area contributed by atoms with Gasteiger partial charge in [-0.3, -0.25) is 9.59 Å². The number of esters is 1. The van der Waals surface area contributed by atoms with E-state index in [2.05, 4.69) is 32.4 Å². The average molecular weight is 409 g/mol. The van der Waals surface area contributed by atoms with E-state index in [1.165, 1.54) is 20.0 Å². The van der Waals surface area contributed by atoms with E-state index in [-0.39, 0.29) is 11.4 Å². The summed E-state index contributed by atoms with van der Waals surface area (Å²) in [6, 6.07) is 0. The Labute approximate surface area is 176 Å². The van der Waals surface area contributed by atoms with E-state index in [0.29, 0.717) is 19.2 Å². The molecule has 1 fully saturated rings. The maximum absolute atomic E-state index is 11.1. The largest absolute Gasteiger partial charge is 0.471 e. The third kappa shape index (κ3) is 27.1. The average Bonchev–Trinajstić information content (AvgIpc) is 2.71. The summed E-state index contributed by atoms with van der Waals surface area (Å²) in [4.78, 5) is 20.0. The van der Waals surface area contributed by atoms with Crippen molar-refractivity contribution in [3.8, 4) is 0 Å². The van der Waals surface area contributed by atoms with Crippen molar-refractivity contribution in [2.75, 3.05) is 20.3 Å². The first kappa shape index (κ1) is 37.6. The van der Waals surface area contributed by atoms with Crippen LogP contribution in [0.4, 0.5) is 0 Å². The van der Waals surface area contributed by atoms with Crippen LogP contribution in [0.1, 0.15) is 102 Å². The molecule has 1 aliphatic heterocycles. The van der Waals surface area contributed by atoms with Crippen molar-refractivity contribution in [2.45, 2.75) is 108 Å². The van der Waals surface area contributed by atoms with Gasteiger partial charge in [0.05, 0.1) is 31.8 Å². The van der Waals surface area contributed by atoms with Crippen molar-refractivity contribution >= 4 is 12.4 Å². The van der Waals surface area contributed by atoms with E-state index in [4.69, 9.17) is 14.3 Å². The van der Waals surface area contributed by atoms with Gasteiger partial charge in [-0.2, -0.15) is 0 Å². The maximum Gasteiger partial charge on any atom is 0.311 e. The first-order valence-electron chi connectivity index (χ1n) is 11.0. The van der Waals surface area contributed by atoms with Crippen LogP contribution in [0, 0.1) is 11.3 Å². The van der Waals surface area contributed by atoms with Gasteiger partial charge in [-0.1, -0.05) is 61.8 Å². The maximum atomic E-state index is 11.1. The Hall–Kier alpha value is -1.10. The number of hydrogen-bond acceptors (Lipinski definition) is 5. The van der Waals surface area contributed by atoms with Gasteiger partial charge in [0.2, 0.25) is 0 Å². The summed E-state index contributed by atoms with van der Waals surface area (Å²) in [5.41, 5.74) is -0.310. The van der Waals surface area contributed by atoms with E-state index in [9.17, 15) is 4.79 Å². The van der Waals surface area contributed by atoms with Gasteiger partial charge in [0.1, 0.15) is 0 Å². The van der Waals surface area contributed by atoms with Crippen LogP contribution in [0.15, 0.2) is 0 Å². The minimum atomic E-state index is -0.310. The molecule has 0 amide bonds. The van der Waals surface area contributed by atoms with Gasteiger partial charge < -0.3 is 14.2 Å². The molecule has 2 atom stereocenters. The van der Waals surface area contributed by atoms with E-state index < -0.39 is 0 Å². The predicted molar refractivity (Wildman–Crippen MR) is 122 cm³/mol. The van der Waals surface area contributed by atoms with Gasteiger partial charge in [-0.15, -0.1) is 0 Å². The number of carbonyl (C=O) groups is 2. The highest BCUT2D eigenvalue weighted by Crippen LogP contribution is 2.22. The quantitative estimate of drug-likeness (QED) is 0.375. The second-order valence-corrected chi connectivity index (χ2v) is 6.20. The molecule has 0 spiro atoms. The fourth-order valence-electron chi connectivity index (χ4n) is 1.35. The normalized spacial score (nSPS) is 15.9. The molecular weight excluding hydrogens is 356 g/mol. The van der Waals surface area contributed by atoms with Crippen molar-refractivity contribution < 1.29 is 23.8 Å². The summed E-state index contributed by atoms with van der Waals surface area (Å²) >= 11 is 0. The number of hydrogen-bond donors (Lipinski definition) is 0. The second kappa shape index (κ2) is 30.6. The molecule has 1 saturated heterocycles. The second-order valence-electron chi connectivity index (χ2n) is 6.20. The summed E-state index contributed by atoms with van der Waals surface area (Å²) in [5.74, 6) is 0.762. The molecule has 5 nitrogen and oxygen atoms in total. The molecule has 0 N–H and O–H groups in total. The standard InChI is InChI=1S/C8H16O2.C6H12O.C3H8.C2H4O2.2C2H6/c1-5-8(3,4)7(9)10-6-2;1-3-6-4-7-5(6)2;1-3-2;1-4-2-3;2*1-2/h5-6H2,1-4H3;5-6H,3-4H2,1-2H3;3H2,1-2H3;2H,1H3;2*1-2H3. The molecule has 174 valence electrons. The lowest BCUT2D eigenvalue weighted by Gasteiger charge is -2.33. The number of rotatable bonds is 5. The Morgan fingerprint density at radius 3 is 1.57 bits per heavy atom. The molecule has 0 bridgehead atoms. The first-order valence-corrected chi connectivity index (χ1v) is 11.0. The lowest BCUT2D eigenvalue weighted by atomic mass is 9.91. The third-order valence-electron chi connectivity index (χ3n) is 3.57. The molecule has 0 saturated carbocycles. The van der Waals surface area contributed by atoms with Gasteiger partial charge in [-0.25, -0.2) is 0 Å². The van der Waals surface area contributed by atoms with Gasteiger partial charge in [-0.05, 0) is 40.5 Å². The molecule has 1 heterocycles. The van der Waals surface area contributed by atoms with Gasteiger partial charge in [0, 0.05) is 5.92 Å². The Bertz CT molecular complexity index is 289. The van der Waals surface area contributed by atoms with Crippen molar-refractivity contribution in [3.63, 3.8) is 0 Å². The smallest absolute Gasteiger partial charge is 0.311 e. The van der Waals surface area contributed by atoms with Crippen LogP contribution < -0.4 is 0 Å². The van der Waals surface area contributed by atoms with Crippen LogP contribution in [-0.2, 0) is 23.8 Å². The highest BCUT2D eigenvalue weighted by molar-refractivity contribution is 5.75. The number of methoxy groups -OCH3 is 1. The van der Waals surface area contributed by atoms with Gasteiger partial charge in [0.25, 0.3) is 6.47 Å². The summed E-state index contributed by atoms with van der Waals surface area (Å²) in [6.07, 6.45) is 3.90. The third-order valence-corrected chi connectivity index (χ3v) is 3.57. The van der Waals surface area contributed by atoms with E-state index in [1.54, 1.807) is 0 Å². The molecule has 2 unspecified atom stereocenters. The van der Waals surface area contributed by atoms with Crippen LogP contribution in [0.3, 0.4) is 0 Å². The van der Waals surface area contributed by atoms with E-state index >= 15 is 0 Å². The molecule has 28 heavy (non-hydrogen) atoms. The van der Waals surface area contributed by atoms with Crippen LogP contribution in [0.25, 0.3) is 0 Å². The van der Waals surface area contributed by atoms with Crippen LogP contribution in [0.5, 0.6) is 0 Å². The molecule has 1 rings (SSSR count). The van der Waals surface area contributed by atoms with Crippen molar-refractivity contribution in [3.05, 3.63) is 0 Å². The summed E-state index contributed by atoms with van der Waals surface area (Å²) in [5, 5.41) is 0. The zero-order chi connectivity index (χ0) is 23.6. The Kier molecular flexibility index (Phi) is 41.1. The summed E-state index contributed by atoms with van der Waals surface area (Å²) in [7, 11) is 1.31. The highest BCUT2D eigenvalue weighted by Gasteiger charge is 2.26. The zero-order valence-electron chi connectivity index (χ0n) is 21.3. The first-order chi connectivity index (χ1) is 13.2. The summed E-state index contributed by atoms with van der Waals surface area (Å²) in [6.45, 7) is 26.0. The summed E-state index contributed by atoms with van der Waals surface area (Å²) < 4.78 is 13.9. The molecule has 1 aliphatic rings. The Morgan fingerprint density at radius 2 is 1.46 bits per heavy atom. The topological polar surface area (TPSA) is 61.8 Å². The molecule has 0 aliphatic carbocycles. The van der Waals surface area contributed by atoms with Crippen LogP contribution >= 0.6 is 0 Å². The highest BCUT2D eigenvalue weighted by atomic mass is 16.5. The van der Waals surface area contributed by atoms with E-state index in [1.807, 2.05) is 55.4 Å². The van der Waals surface area contributed by atoms with E-state index in [0.717, 1.165) is 18.9 Å². The Balaban J connectivity index is -0.0000000855. The lowest BCUT2D eigenvalue weighted by molar-refractivity contribution is -0.153. The molecule has 0 aromatic heterocycles. The fourth-order valence-corrected chi connectivity index (χ4v) is 1.35. The molecule has 0 aromatic rings. The SMILES string of the molecule is CC.CC.CCC.CCC1COC1C.CCOC(=O)C(C)(C)CC.COC=O. The van der Waals surface area contributed by atoms with Crippen molar-refractivity contribution in [1.29, 1.82) is 0 Å². The molecular formula is C23H52O5. The van der Waals surface area contributed by atoms with Crippen LogP contribution in [-0.4, -0.2) is 38.9 Å². The molecule has 0 radical (unpaired) electrons. The number of ether oxygens (including phenoxy) is 3. The fraction of sp³-hybridized carbons (Fsp3) is 0.913. The number of carbonyl (C=O) groups excluding carboxylic acids is 2. The minimum absolute atomic E-state index is 0.0995. The monoisotopic (exact) mass is 408 g/mol. The lowest BCUT2D eigenvalue weighted by Crippen LogP contribution is -2.36. The minimum Gasteiger partial charge on any atom is -0.471 e. The predicted octanol–water partition coefficient (Wildman–Crippen LogP) is 6.67. The van der Waals surface area contributed by atoms with Crippen molar-refractivity contribution in [2.24, 2.45) is 11.3 Å². The van der Waals surface area contributed by atoms with Gasteiger partial charge in [0.15, 0.2) is 0 Å².